The van der Waals surface area contributed by atoms with E-state index >= 15 is 0 Å². The summed E-state index contributed by atoms with van der Waals surface area (Å²) in [6.07, 6.45) is 6.98. The number of esters is 1. The van der Waals surface area contributed by atoms with Crippen LogP contribution in [0.2, 0.25) is 0 Å². The standard InChI is InChI=1S/C17H33NO3/c1-5-8-9-14(6-2)12-20-13-17(18-4,15-10-11-15)16(19)21-7-3/h14-15,18H,5-13H2,1-4H3. The second kappa shape index (κ2) is 9.42. The first-order valence-corrected chi connectivity index (χ1v) is 8.58. The first-order valence-electron chi connectivity index (χ1n) is 8.58. The molecule has 0 radical (unpaired) electrons. The van der Waals surface area contributed by atoms with Gasteiger partial charge in [-0.15, -0.1) is 0 Å². The Balaban J connectivity index is 2.51. The summed E-state index contributed by atoms with van der Waals surface area (Å²) >= 11 is 0. The lowest BCUT2D eigenvalue weighted by atomic mass is 9.94. The third-order valence-electron chi connectivity index (χ3n) is 4.59. The van der Waals surface area contributed by atoms with E-state index in [2.05, 4.69) is 19.2 Å². The average Bonchev–Trinajstić information content (AvgIpc) is 3.32. The Labute approximate surface area is 130 Å². The number of unbranched alkanes of at least 4 members (excludes halogenated alkanes) is 1. The van der Waals surface area contributed by atoms with E-state index in [1.165, 1.54) is 19.3 Å². The van der Waals surface area contributed by atoms with Crippen LogP contribution in [0.15, 0.2) is 0 Å². The van der Waals surface area contributed by atoms with Crippen molar-refractivity contribution in [2.75, 3.05) is 26.9 Å². The molecule has 124 valence electrons. The predicted octanol–water partition coefficient (Wildman–Crippen LogP) is 3.15. The summed E-state index contributed by atoms with van der Waals surface area (Å²) in [4.78, 5) is 12.3. The zero-order valence-electron chi connectivity index (χ0n) is 14.2. The van der Waals surface area contributed by atoms with E-state index in [-0.39, 0.29) is 5.97 Å². The largest absolute Gasteiger partial charge is 0.465 e. The van der Waals surface area contributed by atoms with Crippen LogP contribution in [0.1, 0.15) is 59.3 Å². The third kappa shape index (κ3) is 5.26. The molecule has 0 saturated heterocycles. The lowest BCUT2D eigenvalue weighted by Crippen LogP contribution is -2.57. The molecule has 1 saturated carbocycles. The molecule has 0 amide bonds. The Kier molecular flexibility index (Phi) is 8.27. The highest BCUT2D eigenvalue weighted by molar-refractivity contribution is 5.82. The van der Waals surface area contributed by atoms with E-state index in [9.17, 15) is 4.79 Å². The molecule has 0 spiro atoms. The lowest BCUT2D eigenvalue weighted by Gasteiger charge is -2.31. The molecular formula is C17H33NO3. The molecule has 0 aromatic rings. The SMILES string of the molecule is CCCCC(CC)COCC(NC)(C(=O)OCC)C1CC1. The molecule has 0 aromatic carbocycles. The molecule has 1 aliphatic rings. The van der Waals surface area contributed by atoms with Crippen LogP contribution in [0.3, 0.4) is 0 Å². The average molecular weight is 299 g/mol. The summed E-state index contributed by atoms with van der Waals surface area (Å²) in [6, 6.07) is 0. The van der Waals surface area contributed by atoms with Gasteiger partial charge in [-0.1, -0.05) is 33.1 Å². The van der Waals surface area contributed by atoms with Crippen LogP contribution in [0, 0.1) is 11.8 Å². The normalized spacial score (nSPS) is 19.0. The Morgan fingerprint density at radius 3 is 2.52 bits per heavy atom. The van der Waals surface area contributed by atoms with Gasteiger partial charge in [-0.2, -0.15) is 0 Å². The van der Waals surface area contributed by atoms with E-state index in [1.54, 1.807) is 0 Å². The van der Waals surface area contributed by atoms with E-state index in [0.29, 0.717) is 25.0 Å². The maximum Gasteiger partial charge on any atom is 0.329 e. The van der Waals surface area contributed by atoms with Crippen LogP contribution in [0.4, 0.5) is 0 Å². The van der Waals surface area contributed by atoms with Crippen LogP contribution < -0.4 is 5.32 Å². The van der Waals surface area contributed by atoms with Gasteiger partial charge in [0.25, 0.3) is 0 Å². The summed E-state index contributed by atoms with van der Waals surface area (Å²) < 4.78 is 11.2. The van der Waals surface area contributed by atoms with Gasteiger partial charge in [0, 0.05) is 6.61 Å². The Hall–Kier alpha value is -0.610. The van der Waals surface area contributed by atoms with Gasteiger partial charge in [-0.3, -0.25) is 0 Å². The summed E-state index contributed by atoms with van der Waals surface area (Å²) in [7, 11) is 1.84. The van der Waals surface area contributed by atoms with Gasteiger partial charge in [0.1, 0.15) is 5.54 Å². The number of likely N-dealkylation sites (N-methyl/N-ethyl adjacent to an activating group) is 1. The third-order valence-corrected chi connectivity index (χ3v) is 4.59. The number of hydrogen-bond acceptors (Lipinski definition) is 4. The zero-order chi connectivity index (χ0) is 15.7. The van der Waals surface area contributed by atoms with Gasteiger partial charge in [-0.05, 0) is 45.1 Å². The van der Waals surface area contributed by atoms with Gasteiger partial charge in [0.15, 0.2) is 0 Å². The highest BCUT2D eigenvalue weighted by Gasteiger charge is 2.51. The fraction of sp³-hybridized carbons (Fsp3) is 0.941. The molecule has 1 aliphatic carbocycles. The highest BCUT2D eigenvalue weighted by Crippen LogP contribution is 2.40. The van der Waals surface area contributed by atoms with Crippen molar-refractivity contribution in [2.24, 2.45) is 11.8 Å². The van der Waals surface area contributed by atoms with Crippen molar-refractivity contribution in [2.45, 2.75) is 64.8 Å². The van der Waals surface area contributed by atoms with Crippen molar-refractivity contribution in [3.63, 3.8) is 0 Å². The second-order valence-corrected chi connectivity index (χ2v) is 6.15. The molecule has 1 N–H and O–H groups in total. The van der Waals surface area contributed by atoms with Crippen LogP contribution in [-0.4, -0.2) is 38.4 Å². The first-order chi connectivity index (χ1) is 10.1. The number of carbonyl (C=O) groups is 1. The molecule has 4 heteroatoms. The number of carbonyl (C=O) groups excluding carboxylic acids is 1. The molecule has 4 nitrogen and oxygen atoms in total. The second-order valence-electron chi connectivity index (χ2n) is 6.15. The zero-order valence-corrected chi connectivity index (χ0v) is 14.2. The number of rotatable bonds is 12. The van der Waals surface area contributed by atoms with Gasteiger partial charge in [0.05, 0.1) is 13.2 Å². The number of hydrogen-bond donors (Lipinski definition) is 1. The van der Waals surface area contributed by atoms with Crippen molar-refractivity contribution >= 4 is 5.97 Å². The molecule has 0 aromatic heterocycles. The molecule has 0 heterocycles. The van der Waals surface area contributed by atoms with Crippen molar-refractivity contribution in [1.29, 1.82) is 0 Å². The van der Waals surface area contributed by atoms with Gasteiger partial charge < -0.3 is 14.8 Å². The predicted molar refractivity (Wildman–Crippen MR) is 85.3 cm³/mol. The van der Waals surface area contributed by atoms with E-state index in [1.807, 2.05) is 14.0 Å². The Morgan fingerprint density at radius 2 is 2.05 bits per heavy atom. The summed E-state index contributed by atoms with van der Waals surface area (Å²) in [5.41, 5.74) is -0.640. The molecule has 1 rings (SSSR count). The van der Waals surface area contributed by atoms with Crippen molar-refractivity contribution in [3.8, 4) is 0 Å². The van der Waals surface area contributed by atoms with Gasteiger partial charge in [-0.25, -0.2) is 4.79 Å². The van der Waals surface area contributed by atoms with Crippen LogP contribution in [-0.2, 0) is 14.3 Å². The maximum atomic E-state index is 12.3. The maximum absolute atomic E-state index is 12.3. The number of ether oxygens (including phenoxy) is 2. The summed E-state index contributed by atoms with van der Waals surface area (Å²) in [5.74, 6) is 0.801. The summed E-state index contributed by atoms with van der Waals surface area (Å²) in [5, 5.41) is 3.20. The first kappa shape index (κ1) is 18.4. The molecule has 0 aliphatic heterocycles. The monoisotopic (exact) mass is 299 g/mol. The topological polar surface area (TPSA) is 47.6 Å². The molecule has 21 heavy (non-hydrogen) atoms. The van der Waals surface area contributed by atoms with Crippen molar-refractivity contribution < 1.29 is 14.3 Å². The highest BCUT2D eigenvalue weighted by atomic mass is 16.5. The van der Waals surface area contributed by atoms with Gasteiger partial charge in [0.2, 0.25) is 0 Å². The van der Waals surface area contributed by atoms with Gasteiger partial charge >= 0.3 is 5.97 Å². The smallest absolute Gasteiger partial charge is 0.329 e. The molecule has 2 unspecified atom stereocenters. The molecule has 2 atom stereocenters. The van der Waals surface area contributed by atoms with Crippen molar-refractivity contribution in [1.82, 2.24) is 5.32 Å². The lowest BCUT2D eigenvalue weighted by molar-refractivity contribution is -0.155. The quantitative estimate of drug-likeness (QED) is 0.562. The minimum atomic E-state index is -0.640. The van der Waals surface area contributed by atoms with Crippen molar-refractivity contribution in [3.05, 3.63) is 0 Å². The van der Waals surface area contributed by atoms with E-state index in [4.69, 9.17) is 9.47 Å². The Bertz CT molecular complexity index is 304. The summed E-state index contributed by atoms with van der Waals surface area (Å²) in [6.45, 7) is 7.86. The van der Waals surface area contributed by atoms with Crippen LogP contribution >= 0.6 is 0 Å². The Morgan fingerprint density at radius 1 is 1.33 bits per heavy atom. The molecule has 0 bridgehead atoms. The number of nitrogens with one attached hydrogen (secondary N) is 1. The van der Waals surface area contributed by atoms with Crippen LogP contribution in [0.5, 0.6) is 0 Å². The fourth-order valence-corrected chi connectivity index (χ4v) is 2.84. The fourth-order valence-electron chi connectivity index (χ4n) is 2.84. The van der Waals surface area contributed by atoms with Crippen LogP contribution in [0.25, 0.3) is 0 Å². The van der Waals surface area contributed by atoms with E-state index in [0.717, 1.165) is 25.9 Å². The minimum Gasteiger partial charge on any atom is -0.465 e. The van der Waals surface area contributed by atoms with E-state index < -0.39 is 5.54 Å². The molecule has 1 fully saturated rings. The minimum absolute atomic E-state index is 0.156. The molecular weight excluding hydrogens is 266 g/mol.